The first kappa shape index (κ1) is 19.4. The molecule has 1 N–H and O–H groups in total. The summed E-state index contributed by atoms with van der Waals surface area (Å²) in [5.74, 6) is 2.04. The first-order chi connectivity index (χ1) is 13.5. The Morgan fingerprint density at radius 3 is 2.57 bits per heavy atom. The van der Waals surface area contributed by atoms with Crippen LogP contribution in [0.3, 0.4) is 0 Å². The monoisotopic (exact) mass is 381 g/mol. The molecule has 146 valence electrons. The number of hydrogen-bond donors (Lipinski definition) is 1. The summed E-state index contributed by atoms with van der Waals surface area (Å²) in [6.07, 6.45) is 0. The molecule has 0 aliphatic carbocycles. The minimum Gasteiger partial charge on any atom is -0.493 e. The molecule has 0 unspecified atom stereocenters. The zero-order valence-corrected chi connectivity index (χ0v) is 16.4. The lowest BCUT2D eigenvalue weighted by Gasteiger charge is -2.09. The fourth-order valence-electron chi connectivity index (χ4n) is 2.69. The van der Waals surface area contributed by atoms with E-state index < -0.39 is 0 Å². The zero-order valence-electron chi connectivity index (χ0n) is 16.4. The van der Waals surface area contributed by atoms with Gasteiger partial charge in [0.15, 0.2) is 11.5 Å². The number of benzene rings is 2. The van der Waals surface area contributed by atoms with Crippen LogP contribution in [0.4, 0.5) is 0 Å². The van der Waals surface area contributed by atoms with Crippen molar-refractivity contribution < 1.29 is 18.8 Å². The molecule has 0 aliphatic heterocycles. The number of carbonyl (C=O) groups excluding carboxylic acids is 1. The van der Waals surface area contributed by atoms with Gasteiger partial charge in [0.2, 0.25) is 5.82 Å². The number of nitrogens with one attached hydrogen (secondary N) is 1. The molecule has 0 radical (unpaired) electrons. The fraction of sp³-hybridized carbons (Fsp3) is 0.286. The van der Waals surface area contributed by atoms with Gasteiger partial charge in [-0.05, 0) is 36.2 Å². The number of amides is 1. The highest BCUT2D eigenvalue weighted by Gasteiger charge is 2.18. The van der Waals surface area contributed by atoms with Gasteiger partial charge in [-0.1, -0.05) is 31.1 Å². The maximum atomic E-state index is 12.5. The van der Waals surface area contributed by atoms with Crippen LogP contribution in [-0.4, -0.2) is 36.8 Å². The number of ether oxygens (including phenoxy) is 2. The summed E-state index contributed by atoms with van der Waals surface area (Å²) in [5, 5.41) is 6.97. The molecular weight excluding hydrogens is 358 g/mol. The van der Waals surface area contributed by atoms with Gasteiger partial charge in [0.1, 0.15) is 0 Å². The third-order valence-corrected chi connectivity index (χ3v) is 4.14. The van der Waals surface area contributed by atoms with E-state index in [4.69, 9.17) is 14.0 Å². The lowest BCUT2D eigenvalue weighted by molar-refractivity contribution is 0.0949. The van der Waals surface area contributed by atoms with E-state index in [0.29, 0.717) is 40.9 Å². The number of rotatable bonds is 7. The number of methoxy groups -OCH3 is 2. The molecule has 7 nitrogen and oxygen atoms in total. The average Bonchev–Trinajstić information content (AvgIpc) is 3.21. The van der Waals surface area contributed by atoms with E-state index >= 15 is 0 Å². The van der Waals surface area contributed by atoms with Gasteiger partial charge in [-0.3, -0.25) is 4.79 Å². The summed E-state index contributed by atoms with van der Waals surface area (Å²) in [5.41, 5.74) is 1.79. The second-order valence-electron chi connectivity index (χ2n) is 6.64. The summed E-state index contributed by atoms with van der Waals surface area (Å²) in [6, 6.07) is 12.5. The van der Waals surface area contributed by atoms with Crippen molar-refractivity contribution in [2.24, 2.45) is 5.92 Å². The summed E-state index contributed by atoms with van der Waals surface area (Å²) in [4.78, 5) is 17.0. The van der Waals surface area contributed by atoms with Crippen molar-refractivity contribution in [1.29, 1.82) is 0 Å². The molecule has 0 atom stereocenters. The first-order valence-corrected chi connectivity index (χ1v) is 8.97. The van der Waals surface area contributed by atoms with Gasteiger partial charge in [-0.2, -0.15) is 4.98 Å². The summed E-state index contributed by atoms with van der Waals surface area (Å²) < 4.78 is 16.0. The van der Waals surface area contributed by atoms with Crippen LogP contribution in [-0.2, 0) is 0 Å². The smallest absolute Gasteiger partial charge is 0.259 e. The van der Waals surface area contributed by atoms with Gasteiger partial charge in [-0.25, -0.2) is 0 Å². The Morgan fingerprint density at radius 1 is 1.11 bits per heavy atom. The number of nitrogens with zero attached hydrogens (tertiary/aromatic N) is 2. The third-order valence-electron chi connectivity index (χ3n) is 4.14. The minimum absolute atomic E-state index is 0.171. The van der Waals surface area contributed by atoms with Crippen LogP contribution in [0.1, 0.15) is 24.2 Å². The maximum absolute atomic E-state index is 12.5. The van der Waals surface area contributed by atoms with Gasteiger partial charge < -0.3 is 19.3 Å². The highest BCUT2D eigenvalue weighted by molar-refractivity contribution is 6.00. The SMILES string of the molecule is COc1ccc(-c2noc(-c3ccccc3C(=O)NCC(C)C)n2)cc1OC. The Morgan fingerprint density at radius 2 is 1.86 bits per heavy atom. The average molecular weight is 381 g/mol. The van der Waals surface area contributed by atoms with Gasteiger partial charge in [0.25, 0.3) is 11.8 Å². The number of aromatic nitrogens is 2. The van der Waals surface area contributed by atoms with Crippen LogP contribution < -0.4 is 14.8 Å². The Hall–Kier alpha value is -3.35. The minimum atomic E-state index is -0.171. The van der Waals surface area contributed by atoms with E-state index in [2.05, 4.69) is 15.5 Å². The summed E-state index contributed by atoms with van der Waals surface area (Å²) in [7, 11) is 3.14. The zero-order chi connectivity index (χ0) is 20.1. The van der Waals surface area contributed by atoms with Crippen LogP contribution in [0, 0.1) is 5.92 Å². The molecule has 3 aromatic rings. The van der Waals surface area contributed by atoms with Gasteiger partial charge >= 0.3 is 0 Å². The van der Waals surface area contributed by atoms with E-state index in [0.717, 1.165) is 5.56 Å². The maximum Gasteiger partial charge on any atom is 0.259 e. The molecule has 1 amide bonds. The lowest BCUT2D eigenvalue weighted by Crippen LogP contribution is -2.27. The Kier molecular flexibility index (Phi) is 5.93. The van der Waals surface area contributed by atoms with Crippen molar-refractivity contribution in [2.45, 2.75) is 13.8 Å². The molecule has 0 saturated carbocycles. The second kappa shape index (κ2) is 8.56. The van der Waals surface area contributed by atoms with Crippen LogP contribution in [0.5, 0.6) is 11.5 Å². The van der Waals surface area contributed by atoms with Crippen LogP contribution >= 0.6 is 0 Å². The topological polar surface area (TPSA) is 86.5 Å². The second-order valence-corrected chi connectivity index (χ2v) is 6.64. The molecule has 3 rings (SSSR count). The van der Waals surface area contributed by atoms with E-state index in [1.807, 2.05) is 26.0 Å². The fourth-order valence-corrected chi connectivity index (χ4v) is 2.69. The predicted octanol–water partition coefficient (Wildman–Crippen LogP) is 3.81. The molecule has 1 aromatic heterocycles. The van der Waals surface area contributed by atoms with Gasteiger partial charge in [-0.15, -0.1) is 0 Å². The molecule has 0 spiro atoms. The largest absolute Gasteiger partial charge is 0.493 e. The molecule has 0 bridgehead atoms. The third kappa shape index (κ3) is 4.14. The van der Waals surface area contributed by atoms with Gasteiger partial charge in [0, 0.05) is 12.1 Å². The molecule has 1 heterocycles. The highest BCUT2D eigenvalue weighted by atomic mass is 16.5. The van der Waals surface area contributed by atoms with E-state index in [-0.39, 0.29) is 11.8 Å². The molecule has 0 aliphatic rings. The standard InChI is InChI=1S/C21H23N3O4/c1-13(2)12-22-20(25)15-7-5-6-8-16(15)21-23-19(24-28-21)14-9-10-17(26-3)18(11-14)27-4/h5-11,13H,12H2,1-4H3,(H,22,25). The summed E-state index contributed by atoms with van der Waals surface area (Å²) >= 11 is 0. The Balaban J connectivity index is 1.92. The van der Waals surface area contributed by atoms with Crippen molar-refractivity contribution in [3.05, 3.63) is 48.0 Å². The van der Waals surface area contributed by atoms with Crippen molar-refractivity contribution in [3.63, 3.8) is 0 Å². The van der Waals surface area contributed by atoms with Crippen molar-refractivity contribution in [3.8, 4) is 34.3 Å². The van der Waals surface area contributed by atoms with Crippen LogP contribution in [0.2, 0.25) is 0 Å². The molecular formula is C21H23N3O4. The van der Waals surface area contributed by atoms with Crippen molar-refractivity contribution >= 4 is 5.91 Å². The van der Waals surface area contributed by atoms with Crippen LogP contribution in [0.25, 0.3) is 22.8 Å². The normalized spacial score (nSPS) is 10.8. The van der Waals surface area contributed by atoms with E-state index in [9.17, 15) is 4.79 Å². The predicted molar refractivity (Wildman–Crippen MR) is 105 cm³/mol. The Bertz CT molecular complexity index is 966. The van der Waals surface area contributed by atoms with Crippen LogP contribution in [0.15, 0.2) is 47.0 Å². The molecule has 2 aromatic carbocycles. The number of hydrogen-bond acceptors (Lipinski definition) is 6. The highest BCUT2D eigenvalue weighted by Crippen LogP contribution is 2.32. The Labute approximate surface area is 163 Å². The molecule has 0 saturated heterocycles. The molecule has 7 heteroatoms. The van der Waals surface area contributed by atoms with Crippen molar-refractivity contribution in [1.82, 2.24) is 15.5 Å². The van der Waals surface area contributed by atoms with E-state index in [1.165, 1.54) is 0 Å². The molecule has 28 heavy (non-hydrogen) atoms. The number of carbonyl (C=O) groups is 1. The lowest BCUT2D eigenvalue weighted by atomic mass is 10.1. The quantitative estimate of drug-likeness (QED) is 0.670. The first-order valence-electron chi connectivity index (χ1n) is 8.97. The van der Waals surface area contributed by atoms with Gasteiger partial charge in [0.05, 0.1) is 25.3 Å². The summed E-state index contributed by atoms with van der Waals surface area (Å²) in [6.45, 7) is 4.67. The van der Waals surface area contributed by atoms with Crippen molar-refractivity contribution in [2.75, 3.05) is 20.8 Å². The molecule has 0 fully saturated rings. The van der Waals surface area contributed by atoms with E-state index in [1.54, 1.807) is 44.6 Å².